The van der Waals surface area contributed by atoms with E-state index in [1.54, 1.807) is 12.1 Å². The Hall–Kier alpha value is -1.08. The van der Waals surface area contributed by atoms with Crippen LogP contribution in [-0.2, 0) is 0 Å². The number of carbonyl (C=O) groups excluding carboxylic acids is 1. The van der Waals surface area contributed by atoms with E-state index >= 15 is 0 Å². The van der Waals surface area contributed by atoms with E-state index in [-0.39, 0.29) is 42.6 Å². The molecular formula is C16H27Cl2FN4O. The molecule has 1 aliphatic heterocycles. The summed E-state index contributed by atoms with van der Waals surface area (Å²) in [5.74, 6) is -0.641. The summed E-state index contributed by atoms with van der Waals surface area (Å²) in [6.45, 7) is 8.81. The Labute approximate surface area is 155 Å². The van der Waals surface area contributed by atoms with Gasteiger partial charge in [-0.05, 0) is 31.7 Å². The highest BCUT2D eigenvalue weighted by Gasteiger charge is 2.19. The van der Waals surface area contributed by atoms with Crippen LogP contribution >= 0.6 is 24.8 Å². The van der Waals surface area contributed by atoms with Crippen molar-refractivity contribution in [2.24, 2.45) is 5.73 Å². The molecule has 0 aromatic heterocycles. The van der Waals surface area contributed by atoms with Crippen LogP contribution < -0.4 is 16.0 Å². The smallest absolute Gasteiger partial charge is 0.251 e. The van der Waals surface area contributed by atoms with Crippen molar-refractivity contribution in [1.82, 2.24) is 10.2 Å². The van der Waals surface area contributed by atoms with Gasteiger partial charge in [0.1, 0.15) is 5.82 Å². The van der Waals surface area contributed by atoms with Crippen LogP contribution in [0.15, 0.2) is 18.2 Å². The van der Waals surface area contributed by atoms with Crippen molar-refractivity contribution in [2.45, 2.75) is 19.9 Å². The molecule has 0 unspecified atom stereocenters. The predicted molar refractivity (Wildman–Crippen MR) is 101 cm³/mol. The zero-order valence-corrected chi connectivity index (χ0v) is 15.8. The fraction of sp³-hybridized carbons (Fsp3) is 0.562. The first-order valence-corrected chi connectivity index (χ1v) is 7.83. The quantitative estimate of drug-likeness (QED) is 0.818. The minimum atomic E-state index is -0.349. The Balaban J connectivity index is 0.00000264. The van der Waals surface area contributed by atoms with Crippen molar-refractivity contribution in [1.29, 1.82) is 0 Å². The molecule has 3 N–H and O–H groups in total. The molecule has 1 aliphatic rings. The number of nitrogens with two attached hydrogens (primary N) is 1. The zero-order chi connectivity index (χ0) is 16.1. The van der Waals surface area contributed by atoms with Crippen molar-refractivity contribution in [3.05, 3.63) is 29.6 Å². The standard InChI is InChI=1S/C16H25FN4O.2ClH/c1-3-20-6-8-21(9-7-20)15-5-4-13(10-14(15)17)16(22)19-12(2)11-18;;/h4-5,10,12H,3,6-9,11,18H2,1-2H3,(H,19,22);2*1H/t12-;;/m0../s1. The number of hydrogen-bond donors (Lipinski definition) is 2. The van der Waals surface area contributed by atoms with Gasteiger partial charge in [-0.1, -0.05) is 6.92 Å². The predicted octanol–water partition coefficient (Wildman–Crippen LogP) is 1.89. The molecule has 1 amide bonds. The third kappa shape index (κ3) is 5.77. The molecule has 2 rings (SSSR count). The van der Waals surface area contributed by atoms with Crippen LogP contribution in [0.5, 0.6) is 0 Å². The van der Waals surface area contributed by atoms with Crippen LogP contribution in [0, 0.1) is 5.82 Å². The Morgan fingerprint density at radius 3 is 2.42 bits per heavy atom. The number of anilines is 1. The maximum atomic E-state index is 14.3. The number of benzene rings is 1. The van der Waals surface area contributed by atoms with Gasteiger partial charge in [0.05, 0.1) is 5.69 Å². The minimum absolute atomic E-state index is 0. The fourth-order valence-electron chi connectivity index (χ4n) is 2.58. The summed E-state index contributed by atoms with van der Waals surface area (Å²) in [5.41, 5.74) is 6.37. The van der Waals surface area contributed by atoms with Gasteiger partial charge in [0.15, 0.2) is 0 Å². The van der Waals surface area contributed by atoms with Gasteiger partial charge in [-0.2, -0.15) is 0 Å². The van der Waals surface area contributed by atoms with Gasteiger partial charge in [-0.3, -0.25) is 4.79 Å². The number of piperazine rings is 1. The molecule has 1 saturated heterocycles. The first-order valence-electron chi connectivity index (χ1n) is 7.83. The largest absolute Gasteiger partial charge is 0.367 e. The van der Waals surface area contributed by atoms with E-state index in [1.165, 1.54) is 6.07 Å². The summed E-state index contributed by atoms with van der Waals surface area (Å²) < 4.78 is 14.3. The Bertz CT molecular complexity index is 525. The molecular weight excluding hydrogens is 354 g/mol. The van der Waals surface area contributed by atoms with Crippen LogP contribution in [0.1, 0.15) is 24.2 Å². The molecule has 1 aromatic rings. The molecule has 0 saturated carbocycles. The van der Waals surface area contributed by atoms with E-state index in [1.807, 2.05) is 11.8 Å². The molecule has 0 bridgehead atoms. The zero-order valence-electron chi connectivity index (χ0n) is 14.1. The van der Waals surface area contributed by atoms with Crippen LogP contribution in [-0.4, -0.2) is 56.1 Å². The lowest BCUT2D eigenvalue weighted by atomic mass is 10.1. The van der Waals surface area contributed by atoms with Crippen molar-refractivity contribution in [3.8, 4) is 0 Å². The van der Waals surface area contributed by atoms with E-state index in [0.29, 0.717) is 17.8 Å². The van der Waals surface area contributed by atoms with Gasteiger partial charge in [-0.15, -0.1) is 24.8 Å². The number of hydrogen-bond acceptors (Lipinski definition) is 4. The number of rotatable bonds is 5. The average molecular weight is 381 g/mol. The fourth-order valence-corrected chi connectivity index (χ4v) is 2.58. The number of halogens is 3. The van der Waals surface area contributed by atoms with E-state index in [0.717, 1.165) is 32.7 Å². The molecule has 1 aromatic carbocycles. The van der Waals surface area contributed by atoms with Crippen LogP contribution in [0.25, 0.3) is 0 Å². The van der Waals surface area contributed by atoms with Crippen molar-refractivity contribution in [3.63, 3.8) is 0 Å². The Kier molecular flexibility index (Phi) is 10.2. The maximum absolute atomic E-state index is 14.3. The second-order valence-electron chi connectivity index (χ2n) is 5.70. The number of amides is 1. The second-order valence-corrected chi connectivity index (χ2v) is 5.70. The summed E-state index contributed by atoms with van der Waals surface area (Å²) in [4.78, 5) is 16.4. The SMILES string of the molecule is CCN1CCN(c2ccc(C(=O)N[C@@H](C)CN)cc2F)CC1.Cl.Cl. The van der Waals surface area contributed by atoms with Gasteiger partial charge < -0.3 is 20.9 Å². The van der Waals surface area contributed by atoms with Gasteiger partial charge in [0.25, 0.3) is 5.91 Å². The first kappa shape index (κ1) is 22.9. The molecule has 8 heteroatoms. The van der Waals surface area contributed by atoms with Crippen LogP contribution in [0.4, 0.5) is 10.1 Å². The second kappa shape index (κ2) is 10.7. The van der Waals surface area contributed by atoms with Crippen LogP contribution in [0.2, 0.25) is 0 Å². The number of carbonyl (C=O) groups is 1. The first-order chi connectivity index (χ1) is 10.5. The van der Waals surface area contributed by atoms with Gasteiger partial charge in [-0.25, -0.2) is 4.39 Å². The molecule has 0 radical (unpaired) electrons. The van der Waals surface area contributed by atoms with E-state index in [9.17, 15) is 9.18 Å². The molecule has 24 heavy (non-hydrogen) atoms. The van der Waals surface area contributed by atoms with E-state index < -0.39 is 0 Å². The van der Waals surface area contributed by atoms with Crippen LogP contribution in [0.3, 0.4) is 0 Å². The average Bonchev–Trinajstić information content (AvgIpc) is 2.54. The summed E-state index contributed by atoms with van der Waals surface area (Å²) in [5, 5.41) is 2.73. The maximum Gasteiger partial charge on any atom is 0.251 e. The summed E-state index contributed by atoms with van der Waals surface area (Å²) >= 11 is 0. The Morgan fingerprint density at radius 1 is 1.29 bits per heavy atom. The third-order valence-electron chi connectivity index (χ3n) is 4.10. The summed E-state index contributed by atoms with van der Waals surface area (Å²) in [6, 6.07) is 4.54. The molecule has 138 valence electrons. The summed E-state index contributed by atoms with van der Waals surface area (Å²) in [6.07, 6.45) is 0. The highest BCUT2D eigenvalue weighted by Crippen LogP contribution is 2.22. The van der Waals surface area contributed by atoms with Crippen molar-refractivity contribution >= 4 is 36.4 Å². The summed E-state index contributed by atoms with van der Waals surface area (Å²) in [7, 11) is 0. The molecule has 5 nitrogen and oxygen atoms in total. The Morgan fingerprint density at radius 2 is 1.92 bits per heavy atom. The minimum Gasteiger partial charge on any atom is -0.367 e. The van der Waals surface area contributed by atoms with Gasteiger partial charge in [0, 0.05) is 44.3 Å². The molecule has 0 spiro atoms. The van der Waals surface area contributed by atoms with E-state index in [4.69, 9.17) is 5.73 Å². The van der Waals surface area contributed by atoms with Crippen molar-refractivity contribution in [2.75, 3.05) is 44.2 Å². The monoisotopic (exact) mass is 380 g/mol. The van der Waals surface area contributed by atoms with Gasteiger partial charge in [0.2, 0.25) is 0 Å². The van der Waals surface area contributed by atoms with Gasteiger partial charge >= 0.3 is 0 Å². The lowest BCUT2D eigenvalue weighted by Crippen LogP contribution is -2.46. The molecule has 1 fully saturated rings. The normalized spacial score (nSPS) is 15.9. The highest BCUT2D eigenvalue weighted by atomic mass is 35.5. The number of nitrogens with zero attached hydrogens (tertiary/aromatic N) is 2. The highest BCUT2D eigenvalue weighted by molar-refractivity contribution is 5.94. The lowest BCUT2D eigenvalue weighted by Gasteiger charge is -2.35. The van der Waals surface area contributed by atoms with Crippen molar-refractivity contribution < 1.29 is 9.18 Å². The third-order valence-corrected chi connectivity index (χ3v) is 4.10. The topological polar surface area (TPSA) is 61.6 Å². The lowest BCUT2D eigenvalue weighted by molar-refractivity contribution is 0.0941. The molecule has 1 atom stereocenters. The molecule has 1 heterocycles. The van der Waals surface area contributed by atoms with E-state index in [2.05, 4.69) is 17.1 Å². The number of likely N-dealkylation sites (N-methyl/N-ethyl adjacent to an activating group) is 1. The molecule has 0 aliphatic carbocycles. The number of nitrogens with one attached hydrogen (secondary N) is 1.